The Bertz CT molecular complexity index is 226. The Balaban J connectivity index is 2.72. The van der Waals surface area contributed by atoms with Gasteiger partial charge < -0.3 is 4.74 Å². The van der Waals surface area contributed by atoms with Crippen LogP contribution >= 0.6 is 0 Å². The van der Waals surface area contributed by atoms with E-state index in [0.29, 0.717) is 12.5 Å². The first-order chi connectivity index (χ1) is 6.02. The van der Waals surface area contributed by atoms with Crippen LogP contribution in [-0.2, 0) is 9.53 Å². The van der Waals surface area contributed by atoms with Gasteiger partial charge in [-0.1, -0.05) is 27.7 Å². The van der Waals surface area contributed by atoms with Crippen LogP contribution in [0.15, 0.2) is 11.6 Å². The highest BCUT2D eigenvalue weighted by molar-refractivity contribution is 5.95. The predicted molar refractivity (Wildman–Crippen MR) is 52.5 cm³/mol. The molecule has 1 rings (SSSR count). The molecule has 0 bridgehead atoms. The van der Waals surface area contributed by atoms with Gasteiger partial charge >= 0.3 is 0 Å². The molecule has 1 aliphatic heterocycles. The second-order valence-corrected chi connectivity index (χ2v) is 4.25. The van der Waals surface area contributed by atoms with Crippen molar-refractivity contribution in [1.82, 2.24) is 0 Å². The zero-order chi connectivity index (χ0) is 10.0. The average molecular weight is 182 g/mol. The lowest BCUT2D eigenvalue weighted by molar-refractivity contribution is -0.129. The Hall–Kier alpha value is -0.630. The average Bonchev–Trinajstić information content (AvgIpc) is 2.03. The summed E-state index contributed by atoms with van der Waals surface area (Å²) >= 11 is 0. The number of carbonyl (C=O) groups is 1. The number of ether oxygens (including phenoxy) is 1. The highest BCUT2D eigenvalue weighted by Gasteiger charge is 2.26. The lowest BCUT2D eigenvalue weighted by Crippen LogP contribution is -2.33. The molecule has 2 heteroatoms. The van der Waals surface area contributed by atoms with Crippen LogP contribution in [0.5, 0.6) is 0 Å². The van der Waals surface area contributed by atoms with Gasteiger partial charge in [-0.25, -0.2) is 0 Å². The summed E-state index contributed by atoms with van der Waals surface area (Å²) in [5, 5.41) is 0. The Morgan fingerprint density at radius 3 is 2.38 bits per heavy atom. The van der Waals surface area contributed by atoms with Gasteiger partial charge in [-0.3, -0.25) is 4.79 Å². The maximum absolute atomic E-state index is 11.5. The van der Waals surface area contributed by atoms with Crippen molar-refractivity contribution in [3.63, 3.8) is 0 Å². The second-order valence-electron chi connectivity index (χ2n) is 4.25. The molecule has 0 spiro atoms. The first-order valence-electron chi connectivity index (χ1n) is 4.88. The van der Waals surface area contributed by atoms with Crippen LogP contribution in [0.3, 0.4) is 0 Å². The van der Waals surface area contributed by atoms with Crippen molar-refractivity contribution in [2.45, 2.75) is 33.8 Å². The van der Waals surface area contributed by atoms with Gasteiger partial charge in [-0.15, -0.1) is 0 Å². The Kier molecular flexibility index (Phi) is 3.26. The van der Waals surface area contributed by atoms with Crippen molar-refractivity contribution in [2.24, 2.45) is 11.8 Å². The molecular weight excluding hydrogens is 164 g/mol. The van der Waals surface area contributed by atoms with Gasteiger partial charge in [0.05, 0.1) is 6.61 Å². The summed E-state index contributed by atoms with van der Waals surface area (Å²) in [5.74, 6) is 0.819. The topological polar surface area (TPSA) is 26.3 Å². The van der Waals surface area contributed by atoms with E-state index in [1.54, 1.807) is 6.08 Å². The number of hydrogen-bond donors (Lipinski definition) is 0. The summed E-state index contributed by atoms with van der Waals surface area (Å²) in [4.78, 5) is 11.5. The zero-order valence-corrected chi connectivity index (χ0v) is 8.83. The molecule has 0 aromatic rings. The molecule has 1 unspecified atom stereocenters. The SMILES string of the molecule is CC(C)C1=CC(=O)C(C(C)C)OC1. The minimum absolute atomic E-state index is 0.130. The maximum atomic E-state index is 11.5. The zero-order valence-electron chi connectivity index (χ0n) is 8.83. The van der Waals surface area contributed by atoms with E-state index in [0.717, 1.165) is 5.57 Å². The first-order valence-corrected chi connectivity index (χ1v) is 4.88. The minimum atomic E-state index is -0.220. The van der Waals surface area contributed by atoms with Gasteiger partial charge in [0.2, 0.25) is 0 Å². The molecule has 74 valence electrons. The summed E-state index contributed by atoms with van der Waals surface area (Å²) in [7, 11) is 0. The van der Waals surface area contributed by atoms with Crippen molar-refractivity contribution in [2.75, 3.05) is 6.61 Å². The summed E-state index contributed by atoms with van der Waals surface area (Å²) in [6.45, 7) is 8.80. The van der Waals surface area contributed by atoms with Gasteiger partial charge in [0.25, 0.3) is 0 Å². The molecule has 1 aliphatic rings. The molecule has 0 radical (unpaired) electrons. The molecule has 0 amide bonds. The van der Waals surface area contributed by atoms with Crippen LogP contribution in [0.1, 0.15) is 27.7 Å². The quantitative estimate of drug-likeness (QED) is 0.654. The Morgan fingerprint density at radius 2 is 2.00 bits per heavy atom. The third-order valence-corrected chi connectivity index (χ3v) is 2.38. The molecule has 0 N–H and O–H groups in total. The Labute approximate surface area is 80.0 Å². The third kappa shape index (κ3) is 2.41. The third-order valence-electron chi connectivity index (χ3n) is 2.38. The predicted octanol–water partition coefficient (Wildman–Crippen LogP) is 2.19. The molecule has 0 saturated heterocycles. The number of hydrogen-bond acceptors (Lipinski definition) is 2. The second kappa shape index (κ2) is 4.05. The smallest absolute Gasteiger partial charge is 0.184 e. The molecule has 0 aromatic heterocycles. The van der Waals surface area contributed by atoms with Crippen molar-refractivity contribution >= 4 is 5.78 Å². The summed E-state index contributed by atoms with van der Waals surface area (Å²) in [6, 6.07) is 0. The lowest BCUT2D eigenvalue weighted by Gasteiger charge is -2.25. The number of rotatable bonds is 2. The van der Waals surface area contributed by atoms with Crippen LogP contribution < -0.4 is 0 Å². The van der Waals surface area contributed by atoms with E-state index in [4.69, 9.17) is 4.74 Å². The van der Waals surface area contributed by atoms with Crippen molar-refractivity contribution in [1.29, 1.82) is 0 Å². The fraction of sp³-hybridized carbons (Fsp3) is 0.727. The van der Waals surface area contributed by atoms with E-state index < -0.39 is 0 Å². The van der Waals surface area contributed by atoms with Crippen LogP contribution in [0.4, 0.5) is 0 Å². The standard InChI is InChI=1S/C11H18O2/c1-7(2)9-5-10(12)11(8(3)4)13-6-9/h5,7-8,11H,6H2,1-4H3. The number of ketones is 1. The van der Waals surface area contributed by atoms with Crippen LogP contribution in [-0.4, -0.2) is 18.5 Å². The summed E-state index contributed by atoms with van der Waals surface area (Å²) < 4.78 is 5.51. The van der Waals surface area contributed by atoms with E-state index in [1.807, 2.05) is 13.8 Å². The van der Waals surface area contributed by atoms with Crippen molar-refractivity contribution < 1.29 is 9.53 Å². The lowest BCUT2D eigenvalue weighted by atomic mass is 9.94. The van der Waals surface area contributed by atoms with Crippen LogP contribution in [0.25, 0.3) is 0 Å². The van der Waals surface area contributed by atoms with Crippen LogP contribution in [0.2, 0.25) is 0 Å². The van der Waals surface area contributed by atoms with E-state index >= 15 is 0 Å². The van der Waals surface area contributed by atoms with Gasteiger partial charge in [-0.2, -0.15) is 0 Å². The summed E-state index contributed by atoms with van der Waals surface area (Å²) in [5.41, 5.74) is 1.11. The van der Waals surface area contributed by atoms with E-state index in [9.17, 15) is 4.79 Å². The van der Waals surface area contributed by atoms with E-state index in [2.05, 4.69) is 13.8 Å². The van der Waals surface area contributed by atoms with Gasteiger partial charge in [0, 0.05) is 0 Å². The normalized spacial score (nSPS) is 24.0. The molecule has 13 heavy (non-hydrogen) atoms. The molecule has 2 nitrogen and oxygen atoms in total. The first kappa shape index (κ1) is 10.5. The molecule has 1 heterocycles. The largest absolute Gasteiger partial charge is 0.365 e. The summed E-state index contributed by atoms with van der Waals surface area (Å²) in [6.07, 6.45) is 1.54. The fourth-order valence-corrected chi connectivity index (χ4v) is 1.43. The Morgan fingerprint density at radius 1 is 1.38 bits per heavy atom. The molecule has 1 atom stereocenters. The molecule has 0 aliphatic carbocycles. The van der Waals surface area contributed by atoms with Gasteiger partial charge in [0.1, 0.15) is 6.10 Å². The maximum Gasteiger partial charge on any atom is 0.184 e. The fourth-order valence-electron chi connectivity index (χ4n) is 1.43. The van der Waals surface area contributed by atoms with Crippen molar-refractivity contribution in [3.8, 4) is 0 Å². The molecule has 0 fully saturated rings. The monoisotopic (exact) mass is 182 g/mol. The molecule has 0 aromatic carbocycles. The molecule has 0 saturated carbocycles. The van der Waals surface area contributed by atoms with Gasteiger partial charge in [0.15, 0.2) is 5.78 Å². The highest BCUT2D eigenvalue weighted by Crippen LogP contribution is 2.20. The van der Waals surface area contributed by atoms with E-state index in [1.165, 1.54) is 0 Å². The van der Waals surface area contributed by atoms with Gasteiger partial charge in [-0.05, 0) is 23.5 Å². The van der Waals surface area contributed by atoms with Crippen LogP contribution in [0, 0.1) is 11.8 Å². The van der Waals surface area contributed by atoms with E-state index in [-0.39, 0.29) is 17.8 Å². The minimum Gasteiger partial charge on any atom is -0.365 e. The molecular formula is C11H18O2. The highest BCUT2D eigenvalue weighted by atomic mass is 16.5. The van der Waals surface area contributed by atoms with Crippen molar-refractivity contribution in [3.05, 3.63) is 11.6 Å². The number of carbonyl (C=O) groups excluding carboxylic acids is 1.